The molecule has 2 N–H and O–H groups in total. The molecule has 5 heterocycles. The van der Waals surface area contributed by atoms with Crippen LogP contribution < -0.4 is 5.32 Å². The summed E-state index contributed by atoms with van der Waals surface area (Å²) in [5.74, 6) is -1.02. The first-order chi connectivity index (χ1) is 18.1. The van der Waals surface area contributed by atoms with Gasteiger partial charge in [0.1, 0.15) is 5.82 Å². The number of carbonyl (C=O) groups excluding carboxylic acids is 1. The molecule has 2 amide bonds. The number of imidazole rings is 1. The third kappa shape index (κ3) is 4.95. The summed E-state index contributed by atoms with van der Waals surface area (Å²) in [6, 6.07) is 2.09. The van der Waals surface area contributed by atoms with Crippen molar-refractivity contribution in [2.75, 3.05) is 13.6 Å². The Hall–Kier alpha value is -3.94. The van der Waals surface area contributed by atoms with E-state index >= 15 is 0 Å². The van der Waals surface area contributed by atoms with Gasteiger partial charge in [-0.3, -0.25) is 9.67 Å². The second-order valence-corrected chi connectivity index (χ2v) is 10.00. The summed E-state index contributed by atoms with van der Waals surface area (Å²) >= 11 is 1.71. The Kier molecular flexibility index (Phi) is 6.59. The fourth-order valence-electron chi connectivity index (χ4n) is 4.41. The van der Waals surface area contributed by atoms with Gasteiger partial charge in [-0.05, 0) is 18.9 Å². The molecule has 1 aliphatic heterocycles. The molecular weight excluding hydrogens is 523 g/mol. The molecule has 0 aromatic carbocycles. The number of rotatable bonds is 3. The van der Waals surface area contributed by atoms with Crippen molar-refractivity contribution in [3.8, 4) is 22.5 Å². The molecule has 14 heteroatoms. The van der Waals surface area contributed by atoms with E-state index in [9.17, 15) is 18.0 Å². The summed E-state index contributed by atoms with van der Waals surface area (Å²) in [4.78, 5) is 32.9. The third-order valence-electron chi connectivity index (χ3n) is 6.44. The van der Waals surface area contributed by atoms with E-state index in [1.54, 1.807) is 23.1 Å². The van der Waals surface area contributed by atoms with Crippen LogP contribution in [0.2, 0.25) is 0 Å². The number of aliphatic carboxylic acids is 1. The molecule has 0 bridgehead atoms. The lowest BCUT2D eigenvalue weighted by atomic mass is 10.1. The van der Waals surface area contributed by atoms with Crippen molar-refractivity contribution in [2.24, 2.45) is 7.05 Å². The number of carboxylic acid groups (broad SMARTS) is 1. The summed E-state index contributed by atoms with van der Waals surface area (Å²) in [7, 11) is 3.59. The first-order valence-corrected chi connectivity index (χ1v) is 12.7. The number of pyridine rings is 1. The van der Waals surface area contributed by atoms with Crippen LogP contribution in [0.5, 0.6) is 0 Å². The summed E-state index contributed by atoms with van der Waals surface area (Å²) < 4.78 is 37.1. The van der Waals surface area contributed by atoms with Crippen molar-refractivity contribution in [3.63, 3.8) is 0 Å². The van der Waals surface area contributed by atoms with Gasteiger partial charge in [-0.1, -0.05) is 0 Å². The average Bonchev–Trinajstić information content (AvgIpc) is 3.32. The lowest BCUT2D eigenvalue weighted by Gasteiger charge is -2.29. The first-order valence-electron chi connectivity index (χ1n) is 11.8. The molecule has 1 aliphatic carbocycles. The van der Waals surface area contributed by atoms with E-state index in [0.717, 1.165) is 40.1 Å². The van der Waals surface area contributed by atoms with Gasteiger partial charge >= 0.3 is 18.2 Å². The maximum absolute atomic E-state index is 12.3. The number of fused-ring (bicyclic) bond motifs is 2. The third-order valence-corrected chi connectivity index (χ3v) is 7.38. The number of carboxylic acids is 1. The van der Waals surface area contributed by atoms with Crippen LogP contribution in [-0.2, 0) is 24.9 Å². The molecule has 6 rings (SSSR count). The number of hydrogen-bond donors (Lipinski definition) is 2. The standard InChI is InChI=1S/C22H23N7OS.C2HF3O2/c1-23-22(30)28-5-6-29-18(11-28)20(26-21(29)13-3-4-13)16-12-31-19-7-17(24-9-15(16)19)14-8-25-27(2)10-14;3-2(4,5)1(6)7/h7-10,12-13H,3-6,11H2,1-2H3,(H,23,30);(H,6,7). The lowest BCUT2D eigenvalue weighted by molar-refractivity contribution is -0.192. The number of alkyl halides is 3. The fraction of sp³-hybridized carbons (Fsp3) is 0.375. The van der Waals surface area contributed by atoms with Crippen LogP contribution in [-0.4, -0.2) is 66.1 Å². The van der Waals surface area contributed by atoms with Crippen molar-refractivity contribution >= 4 is 33.4 Å². The lowest BCUT2D eigenvalue weighted by Crippen LogP contribution is -2.43. The highest BCUT2D eigenvalue weighted by Crippen LogP contribution is 2.44. The van der Waals surface area contributed by atoms with Gasteiger partial charge in [-0.25, -0.2) is 14.6 Å². The molecule has 38 heavy (non-hydrogen) atoms. The smallest absolute Gasteiger partial charge is 0.475 e. The molecule has 0 saturated heterocycles. The Balaban J connectivity index is 0.000000374. The van der Waals surface area contributed by atoms with E-state index < -0.39 is 12.1 Å². The van der Waals surface area contributed by atoms with Gasteiger partial charge in [0.2, 0.25) is 0 Å². The minimum Gasteiger partial charge on any atom is -0.475 e. The van der Waals surface area contributed by atoms with Crippen LogP contribution in [0.1, 0.15) is 30.3 Å². The monoisotopic (exact) mass is 547 g/mol. The number of aromatic nitrogens is 5. The highest BCUT2D eigenvalue weighted by atomic mass is 32.1. The molecule has 0 radical (unpaired) electrons. The summed E-state index contributed by atoms with van der Waals surface area (Å²) in [5, 5.41) is 17.4. The number of thiophene rings is 1. The highest BCUT2D eigenvalue weighted by Gasteiger charge is 2.38. The van der Waals surface area contributed by atoms with Crippen molar-refractivity contribution in [3.05, 3.63) is 41.6 Å². The molecule has 4 aromatic heterocycles. The molecule has 0 spiro atoms. The van der Waals surface area contributed by atoms with Crippen molar-refractivity contribution in [1.29, 1.82) is 0 Å². The number of amides is 2. The summed E-state index contributed by atoms with van der Waals surface area (Å²) in [5.41, 5.74) is 5.17. The SMILES string of the molecule is CNC(=O)N1CCn2c(C3CC3)nc(-c3csc4cc(-c5cnn(C)c5)ncc34)c2C1.O=C(O)C(F)(F)F. The number of urea groups is 1. The van der Waals surface area contributed by atoms with Crippen molar-refractivity contribution in [2.45, 2.75) is 38.0 Å². The Morgan fingerprint density at radius 1 is 1.21 bits per heavy atom. The van der Waals surface area contributed by atoms with Gasteiger partial charge in [0.15, 0.2) is 0 Å². The zero-order valence-electron chi connectivity index (χ0n) is 20.5. The molecule has 200 valence electrons. The molecule has 1 fully saturated rings. The van der Waals surface area contributed by atoms with E-state index in [0.29, 0.717) is 19.0 Å². The topological polar surface area (TPSA) is 118 Å². The minimum atomic E-state index is -5.08. The Labute approximate surface area is 218 Å². The average molecular weight is 548 g/mol. The van der Waals surface area contributed by atoms with Crippen LogP contribution in [0.25, 0.3) is 32.6 Å². The Bertz CT molecular complexity index is 1520. The van der Waals surface area contributed by atoms with Crippen LogP contribution >= 0.6 is 11.3 Å². The molecule has 1 saturated carbocycles. The largest absolute Gasteiger partial charge is 0.490 e. The maximum atomic E-state index is 12.3. The first kappa shape index (κ1) is 25.7. The molecular formula is C24H24F3N7O3S. The molecule has 10 nitrogen and oxygen atoms in total. The van der Waals surface area contributed by atoms with Crippen LogP contribution in [0.3, 0.4) is 0 Å². The van der Waals surface area contributed by atoms with Gasteiger partial charge in [0.25, 0.3) is 0 Å². The maximum Gasteiger partial charge on any atom is 0.490 e. The Morgan fingerprint density at radius 2 is 1.95 bits per heavy atom. The van der Waals surface area contributed by atoms with Gasteiger partial charge in [-0.2, -0.15) is 18.3 Å². The normalized spacial score (nSPS) is 15.1. The molecule has 4 aromatic rings. The minimum absolute atomic E-state index is 0.0377. The number of hydrogen-bond acceptors (Lipinski definition) is 6. The van der Waals surface area contributed by atoms with E-state index in [2.05, 4.69) is 26.4 Å². The predicted molar refractivity (Wildman–Crippen MR) is 134 cm³/mol. The number of halogens is 3. The van der Waals surface area contributed by atoms with Gasteiger partial charge in [0.05, 0.1) is 29.8 Å². The van der Waals surface area contributed by atoms with E-state index in [4.69, 9.17) is 19.9 Å². The Morgan fingerprint density at radius 3 is 2.55 bits per heavy atom. The van der Waals surface area contributed by atoms with Gasteiger partial charge in [-0.15, -0.1) is 11.3 Å². The van der Waals surface area contributed by atoms with Crippen LogP contribution in [0.4, 0.5) is 18.0 Å². The molecule has 0 atom stereocenters. The number of aryl methyl sites for hydroxylation is 1. The fourth-order valence-corrected chi connectivity index (χ4v) is 5.37. The predicted octanol–water partition coefficient (Wildman–Crippen LogP) is 4.23. The van der Waals surface area contributed by atoms with E-state index in [1.807, 2.05) is 30.5 Å². The second kappa shape index (κ2) is 9.74. The van der Waals surface area contributed by atoms with E-state index in [-0.39, 0.29) is 6.03 Å². The molecule has 0 unspecified atom stereocenters. The number of nitrogens with zero attached hydrogens (tertiary/aromatic N) is 6. The number of nitrogens with one attached hydrogen (secondary N) is 1. The van der Waals surface area contributed by atoms with Crippen molar-refractivity contribution in [1.82, 2.24) is 34.5 Å². The number of carbonyl (C=O) groups is 2. The molecule has 2 aliphatic rings. The zero-order chi connectivity index (χ0) is 27.2. The highest BCUT2D eigenvalue weighted by molar-refractivity contribution is 7.17. The quantitative estimate of drug-likeness (QED) is 0.397. The summed E-state index contributed by atoms with van der Waals surface area (Å²) in [6.07, 6.45) is 3.09. The van der Waals surface area contributed by atoms with E-state index in [1.165, 1.54) is 23.4 Å². The van der Waals surface area contributed by atoms with Crippen LogP contribution in [0.15, 0.2) is 30.0 Å². The van der Waals surface area contributed by atoms with Gasteiger partial charge < -0.3 is 19.9 Å². The van der Waals surface area contributed by atoms with Crippen molar-refractivity contribution < 1.29 is 27.9 Å². The zero-order valence-corrected chi connectivity index (χ0v) is 21.3. The summed E-state index contributed by atoms with van der Waals surface area (Å²) in [6.45, 7) is 2.09. The second-order valence-electron chi connectivity index (χ2n) is 9.09. The van der Waals surface area contributed by atoms with Crippen LogP contribution in [0, 0.1) is 0 Å². The van der Waals surface area contributed by atoms with Gasteiger partial charge in [0, 0.05) is 72.1 Å².